The second kappa shape index (κ2) is 6.26. The molecule has 1 aromatic rings. The predicted octanol–water partition coefficient (Wildman–Crippen LogP) is 3.04. The maximum Gasteiger partial charge on any atom is 0.138 e. The summed E-state index contributed by atoms with van der Waals surface area (Å²) < 4.78 is 2.03. The Morgan fingerprint density at radius 3 is 2.73 bits per heavy atom. The van der Waals surface area contributed by atoms with Crippen molar-refractivity contribution in [2.45, 2.75) is 51.4 Å². The highest BCUT2D eigenvalue weighted by Crippen LogP contribution is 2.20. The standard InChI is InChI=1S/C11H20BrN3/c1-4-6-15-11(13-8-14-15)7-10(5-2)9(3)12/h8-10H,4-7H2,1-3H3. The average molecular weight is 274 g/mol. The van der Waals surface area contributed by atoms with E-state index in [0.717, 1.165) is 25.2 Å². The van der Waals surface area contributed by atoms with Gasteiger partial charge in [0.15, 0.2) is 0 Å². The van der Waals surface area contributed by atoms with Crippen LogP contribution in [-0.4, -0.2) is 19.6 Å². The average Bonchev–Trinajstić information content (AvgIpc) is 2.62. The van der Waals surface area contributed by atoms with E-state index in [1.54, 1.807) is 6.33 Å². The van der Waals surface area contributed by atoms with Crippen LogP contribution in [-0.2, 0) is 13.0 Å². The first-order chi connectivity index (χ1) is 7.19. The van der Waals surface area contributed by atoms with Crippen LogP contribution < -0.4 is 0 Å². The molecule has 1 rings (SSSR count). The molecule has 0 aliphatic heterocycles. The summed E-state index contributed by atoms with van der Waals surface area (Å²) in [5, 5.41) is 4.24. The number of hydrogen-bond acceptors (Lipinski definition) is 2. The van der Waals surface area contributed by atoms with Gasteiger partial charge in [-0.25, -0.2) is 4.98 Å². The van der Waals surface area contributed by atoms with Crippen molar-refractivity contribution in [3.8, 4) is 0 Å². The summed E-state index contributed by atoms with van der Waals surface area (Å²) >= 11 is 3.65. The van der Waals surface area contributed by atoms with Crippen LogP contribution in [0, 0.1) is 5.92 Å². The highest BCUT2D eigenvalue weighted by molar-refractivity contribution is 9.09. The molecule has 15 heavy (non-hydrogen) atoms. The van der Waals surface area contributed by atoms with Crippen LogP contribution in [0.3, 0.4) is 0 Å². The highest BCUT2D eigenvalue weighted by Gasteiger charge is 2.16. The van der Waals surface area contributed by atoms with Gasteiger partial charge in [0.1, 0.15) is 12.2 Å². The number of aromatic nitrogens is 3. The van der Waals surface area contributed by atoms with Crippen LogP contribution in [0.25, 0.3) is 0 Å². The predicted molar refractivity (Wildman–Crippen MR) is 66.2 cm³/mol. The fourth-order valence-electron chi connectivity index (χ4n) is 1.71. The Kier molecular flexibility index (Phi) is 5.29. The third kappa shape index (κ3) is 3.59. The molecule has 2 atom stereocenters. The van der Waals surface area contributed by atoms with E-state index in [4.69, 9.17) is 0 Å². The van der Waals surface area contributed by atoms with E-state index in [-0.39, 0.29) is 0 Å². The number of halogens is 1. The van der Waals surface area contributed by atoms with Crippen molar-refractivity contribution in [2.24, 2.45) is 5.92 Å². The highest BCUT2D eigenvalue weighted by atomic mass is 79.9. The lowest BCUT2D eigenvalue weighted by Gasteiger charge is -2.17. The molecule has 0 aromatic carbocycles. The summed E-state index contributed by atoms with van der Waals surface area (Å²) in [7, 11) is 0. The minimum atomic E-state index is 0.536. The van der Waals surface area contributed by atoms with Gasteiger partial charge in [-0.3, -0.25) is 4.68 Å². The monoisotopic (exact) mass is 273 g/mol. The van der Waals surface area contributed by atoms with Gasteiger partial charge in [0.05, 0.1) is 0 Å². The van der Waals surface area contributed by atoms with Crippen molar-refractivity contribution in [2.75, 3.05) is 0 Å². The summed E-state index contributed by atoms with van der Waals surface area (Å²) in [6.07, 6.45) is 4.96. The zero-order valence-electron chi connectivity index (χ0n) is 9.78. The molecule has 3 nitrogen and oxygen atoms in total. The van der Waals surface area contributed by atoms with Gasteiger partial charge in [0.25, 0.3) is 0 Å². The number of rotatable bonds is 6. The fourth-order valence-corrected chi connectivity index (χ4v) is 2.27. The van der Waals surface area contributed by atoms with Gasteiger partial charge in [-0.1, -0.05) is 43.1 Å². The zero-order valence-corrected chi connectivity index (χ0v) is 11.4. The Morgan fingerprint density at radius 2 is 2.20 bits per heavy atom. The third-order valence-corrected chi connectivity index (χ3v) is 3.50. The largest absolute Gasteiger partial charge is 0.250 e. The normalized spacial score (nSPS) is 15.2. The molecule has 4 heteroatoms. The molecule has 0 aliphatic rings. The quantitative estimate of drug-likeness (QED) is 0.746. The van der Waals surface area contributed by atoms with Crippen LogP contribution in [0.5, 0.6) is 0 Å². The molecule has 1 heterocycles. The fraction of sp³-hybridized carbons (Fsp3) is 0.818. The van der Waals surface area contributed by atoms with Crippen molar-refractivity contribution in [3.63, 3.8) is 0 Å². The molecule has 0 amide bonds. The summed E-state index contributed by atoms with van der Waals surface area (Å²) in [4.78, 5) is 4.87. The number of alkyl halides is 1. The second-order valence-electron chi connectivity index (χ2n) is 3.95. The summed E-state index contributed by atoms with van der Waals surface area (Å²) in [6.45, 7) is 7.57. The van der Waals surface area contributed by atoms with E-state index < -0.39 is 0 Å². The van der Waals surface area contributed by atoms with Gasteiger partial charge in [0, 0.05) is 17.8 Å². The van der Waals surface area contributed by atoms with Crippen molar-refractivity contribution < 1.29 is 0 Å². The Hall–Kier alpha value is -0.380. The maximum atomic E-state index is 4.34. The van der Waals surface area contributed by atoms with E-state index in [2.05, 4.69) is 46.8 Å². The first kappa shape index (κ1) is 12.7. The molecule has 1 aromatic heterocycles. The molecule has 0 aliphatic carbocycles. The van der Waals surface area contributed by atoms with Crippen LogP contribution in [0.2, 0.25) is 0 Å². The van der Waals surface area contributed by atoms with Crippen LogP contribution in [0.1, 0.15) is 39.4 Å². The molecule has 0 fully saturated rings. The number of hydrogen-bond donors (Lipinski definition) is 0. The molecule has 2 unspecified atom stereocenters. The second-order valence-corrected chi connectivity index (χ2v) is 5.39. The molecule has 0 N–H and O–H groups in total. The smallest absolute Gasteiger partial charge is 0.138 e. The molecule has 0 radical (unpaired) electrons. The lowest BCUT2D eigenvalue weighted by molar-refractivity contribution is 0.466. The molecule has 86 valence electrons. The topological polar surface area (TPSA) is 30.7 Å². The lowest BCUT2D eigenvalue weighted by atomic mass is 9.99. The summed E-state index contributed by atoms with van der Waals surface area (Å²) in [5.74, 6) is 1.76. The first-order valence-electron chi connectivity index (χ1n) is 5.69. The zero-order chi connectivity index (χ0) is 11.3. The van der Waals surface area contributed by atoms with E-state index in [9.17, 15) is 0 Å². The molecule has 0 saturated heterocycles. The Morgan fingerprint density at radius 1 is 1.47 bits per heavy atom. The van der Waals surface area contributed by atoms with Gasteiger partial charge in [0.2, 0.25) is 0 Å². The van der Waals surface area contributed by atoms with Crippen LogP contribution in [0.15, 0.2) is 6.33 Å². The summed E-state index contributed by atoms with van der Waals surface area (Å²) in [6, 6.07) is 0. The molecule has 0 bridgehead atoms. The van der Waals surface area contributed by atoms with Crippen LogP contribution >= 0.6 is 15.9 Å². The Balaban J connectivity index is 2.65. The van der Waals surface area contributed by atoms with Crippen molar-refractivity contribution in [3.05, 3.63) is 12.2 Å². The van der Waals surface area contributed by atoms with Gasteiger partial charge >= 0.3 is 0 Å². The molecule has 0 saturated carbocycles. The van der Waals surface area contributed by atoms with Gasteiger partial charge in [-0.05, 0) is 12.3 Å². The first-order valence-corrected chi connectivity index (χ1v) is 6.61. The minimum Gasteiger partial charge on any atom is -0.250 e. The minimum absolute atomic E-state index is 0.536. The number of aryl methyl sites for hydroxylation is 1. The Labute approximate surface area is 100 Å². The van der Waals surface area contributed by atoms with E-state index in [1.165, 1.54) is 6.42 Å². The molecule has 0 spiro atoms. The van der Waals surface area contributed by atoms with E-state index in [1.807, 2.05) is 4.68 Å². The Bertz CT molecular complexity index is 283. The summed E-state index contributed by atoms with van der Waals surface area (Å²) in [5.41, 5.74) is 0. The van der Waals surface area contributed by atoms with Crippen LogP contribution in [0.4, 0.5) is 0 Å². The van der Waals surface area contributed by atoms with E-state index in [0.29, 0.717) is 10.7 Å². The number of nitrogens with zero attached hydrogens (tertiary/aromatic N) is 3. The van der Waals surface area contributed by atoms with Gasteiger partial charge < -0.3 is 0 Å². The van der Waals surface area contributed by atoms with Gasteiger partial charge in [-0.15, -0.1) is 0 Å². The van der Waals surface area contributed by atoms with Gasteiger partial charge in [-0.2, -0.15) is 5.10 Å². The maximum absolute atomic E-state index is 4.34. The lowest BCUT2D eigenvalue weighted by Crippen LogP contribution is -2.17. The van der Waals surface area contributed by atoms with Crippen molar-refractivity contribution in [1.29, 1.82) is 0 Å². The third-order valence-electron chi connectivity index (χ3n) is 2.75. The molecular formula is C11H20BrN3. The SMILES string of the molecule is CCCn1ncnc1CC(CC)C(C)Br. The van der Waals surface area contributed by atoms with Crippen molar-refractivity contribution >= 4 is 15.9 Å². The molecular weight excluding hydrogens is 254 g/mol. The van der Waals surface area contributed by atoms with E-state index >= 15 is 0 Å². The van der Waals surface area contributed by atoms with Crippen molar-refractivity contribution in [1.82, 2.24) is 14.8 Å².